The number of aliphatic carboxylic acids is 1. The summed E-state index contributed by atoms with van der Waals surface area (Å²) < 4.78 is 18.7. The van der Waals surface area contributed by atoms with Crippen LogP contribution >= 0.6 is 0 Å². The molecule has 0 radical (unpaired) electrons. The van der Waals surface area contributed by atoms with Gasteiger partial charge in [-0.1, -0.05) is 12.1 Å². The third-order valence-electron chi connectivity index (χ3n) is 3.97. The van der Waals surface area contributed by atoms with E-state index < -0.39 is 18.1 Å². The van der Waals surface area contributed by atoms with Gasteiger partial charge in [0.2, 0.25) is 5.91 Å². The number of morpholine rings is 1. The van der Waals surface area contributed by atoms with E-state index in [9.17, 15) is 19.1 Å². The molecule has 21 heavy (non-hydrogen) atoms. The van der Waals surface area contributed by atoms with Crippen LogP contribution in [-0.2, 0) is 14.3 Å². The van der Waals surface area contributed by atoms with E-state index in [4.69, 9.17) is 4.74 Å². The molecule has 3 rings (SSSR count). The lowest BCUT2D eigenvalue weighted by Gasteiger charge is -2.39. The number of hydrogen-bond acceptors (Lipinski definition) is 3. The third-order valence-corrected chi connectivity index (χ3v) is 3.97. The summed E-state index contributed by atoms with van der Waals surface area (Å²) in [4.78, 5) is 25.2. The topological polar surface area (TPSA) is 66.8 Å². The van der Waals surface area contributed by atoms with E-state index in [1.54, 1.807) is 17.9 Å². The van der Waals surface area contributed by atoms with Crippen molar-refractivity contribution in [2.24, 2.45) is 0 Å². The number of nitrogens with zero attached hydrogens (tertiary/aromatic N) is 1. The maximum absolute atomic E-state index is 13.4. The monoisotopic (exact) mass is 293 g/mol. The van der Waals surface area contributed by atoms with Crippen LogP contribution < -0.4 is 0 Å². The zero-order valence-electron chi connectivity index (χ0n) is 11.6. The van der Waals surface area contributed by atoms with Gasteiger partial charge in [-0.2, -0.15) is 0 Å². The molecule has 1 aromatic rings. The zero-order chi connectivity index (χ0) is 15.1. The number of carboxylic acids is 1. The fourth-order valence-electron chi connectivity index (χ4n) is 2.80. The first-order valence-corrected chi connectivity index (χ1v) is 6.90. The molecule has 0 aromatic heterocycles. The zero-order valence-corrected chi connectivity index (χ0v) is 11.6. The number of carboxylic acid groups (broad SMARTS) is 1. The fraction of sp³-hybridized carbons (Fsp3) is 0.467. The Balaban J connectivity index is 2.03. The normalized spacial score (nSPS) is 26.0. The predicted molar refractivity (Wildman–Crippen MR) is 71.1 cm³/mol. The minimum absolute atomic E-state index is 0.0682. The Hall–Kier alpha value is -1.95. The van der Waals surface area contributed by atoms with E-state index in [1.807, 2.05) is 0 Å². The summed E-state index contributed by atoms with van der Waals surface area (Å²) >= 11 is 0. The maximum atomic E-state index is 13.4. The molecule has 0 bridgehead atoms. The minimum Gasteiger partial charge on any atom is -0.479 e. The molecule has 1 amide bonds. The summed E-state index contributed by atoms with van der Waals surface area (Å²) in [7, 11) is 0. The molecular weight excluding hydrogens is 277 g/mol. The van der Waals surface area contributed by atoms with Crippen molar-refractivity contribution in [2.45, 2.75) is 38.0 Å². The largest absolute Gasteiger partial charge is 0.479 e. The maximum Gasteiger partial charge on any atom is 0.335 e. The molecule has 112 valence electrons. The van der Waals surface area contributed by atoms with E-state index >= 15 is 0 Å². The molecule has 1 saturated carbocycles. The van der Waals surface area contributed by atoms with Gasteiger partial charge in [0.25, 0.3) is 0 Å². The molecule has 1 heterocycles. The number of carbonyl (C=O) groups is 2. The van der Waals surface area contributed by atoms with E-state index in [0.29, 0.717) is 11.1 Å². The summed E-state index contributed by atoms with van der Waals surface area (Å²) in [5, 5.41) is 9.36. The van der Waals surface area contributed by atoms with Gasteiger partial charge in [0, 0.05) is 6.04 Å². The Morgan fingerprint density at radius 3 is 2.71 bits per heavy atom. The molecule has 1 N–H and O–H groups in total. The van der Waals surface area contributed by atoms with Crippen LogP contribution in [0, 0.1) is 12.7 Å². The Morgan fingerprint density at radius 2 is 2.14 bits per heavy atom. The van der Waals surface area contributed by atoms with Crippen LogP contribution in [0.25, 0.3) is 0 Å². The highest BCUT2D eigenvalue weighted by Crippen LogP contribution is 2.39. The van der Waals surface area contributed by atoms with Crippen LogP contribution in [0.4, 0.5) is 4.39 Å². The number of ether oxygens (including phenoxy) is 1. The molecule has 1 aliphatic heterocycles. The van der Waals surface area contributed by atoms with Gasteiger partial charge in [0.05, 0.1) is 6.04 Å². The summed E-state index contributed by atoms with van der Waals surface area (Å²) in [6.07, 6.45) is 0.622. The molecule has 2 fully saturated rings. The Labute approximate surface area is 121 Å². The molecule has 6 heteroatoms. The first-order valence-electron chi connectivity index (χ1n) is 6.90. The molecule has 1 saturated heterocycles. The Morgan fingerprint density at radius 1 is 1.43 bits per heavy atom. The lowest BCUT2D eigenvalue weighted by Crippen LogP contribution is -2.52. The minimum atomic E-state index is -1.12. The molecule has 1 aromatic carbocycles. The van der Waals surface area contributed by atoms with E-state index in [0.717, 1.165) is 12.8 Å². The van der Waals surface area contributed by atoms with Gasteiger partial charge >= 0.3 is 5.97 Å². The van der Waals surface area contributed by atoms with Gasteiger partial charge in [0.1, 0.15) is 12.4 Å². The number of halogens is 1. The first-order chi connectivity index (χ1) is 9.99. The molecule has 5 nitrogen and oxygen atoms in total. The predicted octanol–water partition coefficient (Wildman–Crippen LogP) is 1.65. The van der Waals surface area contributed by atoms with Crippen LogP contribution in [-0.4, -0.2) is 40.6 Å². The standard InChI is InChI=1S/C15H16FNO4/c1-8-6-9(2-5-11(8)16)13-14(15(19)20)21-7-12(18)17(13)10-3-4-10/h2,5-6,10,13-14H,3-4,7H2,1H3,(H,19,20). The van der Waals surface area contributed by atoms with Gasteiger partial charge in [-0.05, 0) is 37.0 Å². The second-order valence-corrected chi connectivity index (χ2v) is 5.56. The van der Waals surface area contributed by atoms with Crippen molar-refractivity contribution < 1.29 is 23.8 Å². The van der Waals surface area contributed by atoms with E-state index in [1.165, 1.54) is 12.1 Å². The average molecular weight is 293 g/mol. The van der Waals surface area contributed by atoms with Crippen molar-refractivity contribution in [3.8, 4) is 0 Å². The van der Waals surface area contributed by atoms with Crippen LogP contribution in [0.15, 0.2) is 18.2 Å². The van der Waals surface area contributed by atoms with Crippen LogP contribution in [0.3, 0.4) is 0 Å². The van der Waals surface area contributed by atoms with Crippen LogP contribution in [0.5, 0.6) is 0 Å². The highest BCUT2D eigenvalue weighted by Gasteiger charge is 2.47. The van der Waals surface area contributed by atoms with Gasteiger partial charge in [-0.3, -0.25) is 4.79 Å². The number of benzene rings is 1. The lowest BCUT2D eigenvalue weighted by atomic mass is 9.96. The summed E-state index contributed by atoms with van der Waals surface area (Å²) in [5.74, 6) is -1.67. The summed E-state index contributed by atoms with van der Waals surface area (Å²) in [6, 6.07) is 3.79. The summed E-state index contributed by atoms with van der Waals surface area (Å²) in [5.41, 5.74) is 1.02. The number of amides is 1. The molecular formula is C15H16FNO4. The number of hydrogen-bond donors (Lipinski definition) is 1. The Kier molecular flexibility index (Phi) is 3.41. The van der Waals surface area contributed by atoms with Gasteiger partial charge in [0.15, 0.2) is 6.10 Å². The van der Waals surface area contributed by atoms with Gasteiger partial charge in [-0.25, -0.2) is 9.18 Å². The summed E-state index contributed by atoms with van der Waals surface area (Å²) in [6.45, 7) is 1.39. The first kappa shape index (κ1) is 14.0. The van der Waals surface area contributed by atoms with E-state index in [2.05, 4.69) is 0 Å². The van der Waals surface area contributed by atoms with Crippen molar-refractivity contribution in [1.29, 1.82) is 0 Å². The quantitative estimate of drug-likeness (QED) is 0.920. The van der Waals surface area contributed by atoms with Crippen molar-refractivity contribution in [3.05, 3.63) is 35.1 Å². The van der Waals surface area contributed by atoms with E-state index in [-0.39, 0.29) is 24.4 Å². The van der Waals surface area contributed by atoms with Crippen molar-refractivity contribution >= 4 is 11.9 Å². The van der Waals surface area contributed by atoms with Crippen LogP contribution in [0.1, 0.15) is 30.0 Å². The smallest absolute Gasteiger partial charge is 0.335 e. The third kappa shape index (κ3) is 2.51. The molecule has 2 aliphatic rings. The second kappa shape index (κ2) is 5.11. The molecule has 1 aliphatic carbocycles. The molecule has 0 spiro atoms. The molecule has 2 unspecified atom stereocenters. The highest BCUT2D eigenvalue weighted by atomic mass is 19.1. The average Bonchev–Trinajstić information content (AvgIpc) is 3.25. The lowest BCUT2D eigenvalue weighted by molar-refractivity contribution is -0.174. The van der Waals surface area contributed by atoms with Crippen molar-refractivity contribution in [2.75, 3.05) is 6.61 Å². The SMILES string of the molecule is Cc1cc(C2C(C(=O)O)OCC(=O)N2C2CC2)ccc1F. The number of aryl methyl sites for hydroxylation is 1. The second-order valence-electron chi connectivity index (χ2n) is 5.56. The van der Waals surface area contributed by atoms with Crippen molar-refractivity contribution in [1.82, 2.24) is 4.90 Å². The van der Waals surface area contributed by atoms with Crippen molar-refractivity contribution in [3.63, 3.8) is 0 Å². The number of carbonyl (C=O) groups excluding carboxylic acids is 1. The van der Waals surface area contributed by atoms with Gasteiger partial charge in [-0.15, -0.1) is 0 Å². The molecule has 2 atom stereocenters. The fourth-order valence-corrected chi connectivity index (χ4v) is 2.80. The van der Waals surface area contributed by atoms with Gasteiger partial charge < -0.3 is 14.7 Å². The number of rotatable bonds is 3. The van der Waals surface area contributed by atoms with Crippen LogP contribution in [0.2, 0.25) is 0 Å². The highest BCUT2D eigenvalue weighted by molar-refractivity contribution is 5.83. The Bertz CT molecular complexity index is 599.